The molecule has 22 heavy (non-hydrogen) atoms. The van der Waals surface area contributed by atoms with Crippen LogP contribution in [-0.4, -0.2) is 40.0 Å². The van der Waals surface area contributed by atoms with E-state index in [9.17, 15) is 14.4 Å². The molecule has 1 saturated carbocycles. The Morgan fingerprint density at radius 2 is 1.91 bits per heavy atom. The highest BCUT2D eigenvalue weighted by Gasteiger charge is 2.66. The van der Waals surface area contributed by atoms with Gasteiger partial charge < -0.3 is 5.11 Å². The first-order valence-corrected chi connectivity index (χ1v) is 7.95. The highest BCUT2D eigenvalue weighted by atomic mass is 16.7. The van der Waals surface area contributed by atoms with Gasteiger partial charge in [0.15, 0.2) is 12.4 Å². The summed E-state index contributed by atoms with van der Waals surface area (Å²) in [5, 5.41) is 9.94. The smallest absolute Gasteiger partial charge is 0.332 e. The molecule has 3 rings (SSSR count). The molecule has 0 aromatic rings. The molecule has 6 heteroatoms. The number of hydroxylamine groups is 2. The fourth-order valence-corrected chi connectivity index (χ4v) is 4.08. The number of rotatable bonds is 3. The Labute approximate surface area is 129 Å². The van der Waals surface area contributed by atoms with Crippen LogP contribution in [0.4, 0.5) is 0 Å². The van der Waals surface area contributed by atoms with Crippen LogP contribution in [0, 0.1) is 5.41 Å². The topological polar surface area (TPSA) is 83.9 Å². The summed E-state index contributed by atoms with van der Waals surface area (Å²) < 4.78 is 0. The van der Waals surface area contributed by atoms with Gasteiger partial charge in [0.25, 0.3) is 5.91 Å². The summed E-state index contributed by atoms with van der Waals surface area (Å²) in [5.41, 5.74) is -2.10. The SMILES string of the molecule is O=C(O)CON1C(=O)C2(CCCCC2)C(=O)C12C=CCCC2. The number of allylic oxidation sites excluding steroid dienone is 1. The molecule has 1 N–H and O–H groups in total. The van der Waals surface area contributed by atoms with Crippen molar-refractivity contribution in [2.24, 2.45) is 5.41 Å². The van der Waals surface area contributed by atoms with Crippen LogP contribution in [0.25, 0.3) is 0 Å². The molecule has 2 aliphatic carbocycles. The minimum atomic E-state index is -1.15. The molecule has 1 amide bonds. The number of carbonyl (C=O) groups excluding carboxylic acids is 2. The highest BCUT2D eigenvalue weighted by molar-refractivity contribution is 6.17. The second kappa shape index (κ2) is 5.50. The van der Waals surface area contributed by atoms with Gasteiger partial charge in [-0.1, -0.05) is 31.4 Å². The van der Waals surface area contributed by atoms with Crippen molar-refractivity contribution in [3.8, 4) is 0 Å². The van der Waals surface area contributed by atoms with Crippen molar-refractivity contribution in [3.05, 3.63) is 12.2 Å². The van der Waals surface area contributed by atoms with Crippen LogP contribution in [0.15, 0.2) is 12.2 Å². The van der Waals surface area contributed by atoms with Crippen molar-refractivity contribution in [3.63, 3.8) is 0 Å². The lowest BCUT2D eigenvalue weighted by molar-refractivity contribution is -0.209. The predicted molar refractivity (Wildman–Crippen MR) is 76.7 cm³/mol. The largest absolute Gasteiger partial charge is 0.479 e. The lowest BCUT2D eigenvalue weighted by Crippen LogP contribution is -2.49. The van der Waals surface area contributed by atoms with Gasteiger partial charge in [0.1, 0.15) is 11.0 Å². The summed E-state index contributed by atoms with van der Waals surface area (Å²) in [6.45, 7) is -0.606. The van der Waals surface area contributed by atoms with Crippen molar-refractivity contribution in [2.45, 2.75) is 56.9 Å². The van der Waals surface area contributed by atoms with Crippen LogP contribution in [0.5, 0.6) is 0 Å². The number of hydrogen-bond donors (Lipinski definition) is 1. The molecule has 2 fully saturated rings. The van der Waals surface area contributed by atoms with Crippen molar-refractivity contribution in [1.82, 2.24) is 5.06 Å². The van der Waals surface area contributed by atoms with Crippen molar-refractivity contribution in [2.75, 3.05) is 6.61 Å². The van der Waals surface area contributed by atoms with Gasteiger partial charge in [0.2, 0.25) is 0 Å². The summed E-state index contributed by atoms with van der Waals surface area (Å²) in [6.07, 6.45) is 9.64. The number of amides is 1. The summed E-state index contributed by atoms with van der Waals surface area (Å²) in [4.78, 5) is 42.2. The molecule has 0 radical (unpaired) electrons. The van der Waals surface area contributed by atoms with Crippen molar-refractivity contribution in [1.29, 1.82) is 0 Å². The number of aliphatic carboxylic acids is 1. The van der Waals surface area contributed by atoms with E-state index in [2.05, 4.69) is 0 Å². The van der Waals surface area contributed by atoms with Gasteiger partial charge in [-0.25, -0.2) is 9.86 Å². The Bertz CT molecular complexity index is 535. The number of Topliss-reactive ketones (excluding diaryl/α,β-unsaturated/α-hetero) is 1. The molecule has 1 saturated heterocycles. The van der Waals surface area contributed by atoms with E-state index in [-0.39, 0.29) is 11.7 Å². The maximum atomic E-state index is 13.2. The average Bonchev–Trinajstić information content (AvgIpc) is 2.68. The van der Waals surface area contributed by atoms with E-state index in [0.29, 0.717) is 19.3 Å². The number of nitrogens with zero attached hydrogens (tertiary/aromatic N) is 1. The minimum Gasteiger partial charge on any atom is -0.479 e. The van der Waals surface area contributed by atoms with Crippen molar-refractivity contribution >= 4 is 17.7 Å². The van der Waals surface area contributed by atoms with E-state index >= 15 is 0 Å². The van der Waals surface area contributed by atoms with Crippen LogP contribution in [0.1, 0.15) is 51.4 Å². The highest BCUT2D eigenvalue weighted by Crippen LogP contribution is 2.51. The van der Waals surface area contributed by atoms with Gasteiger partial charge in [0.05, 0.1) is 0 Å². The van der Waals surface area contributed by atoms with Crippen LogP contribution < -0.4 is 0 Å². The quantitative estimate of drug-likeness (QED) is 0.635. The van der Waals surface area contributed by atoms with E-state index in [0.717, 1.165) is 37.2 Å². The first kappa shape index (κ1) is 15.2. The molecular formula is C16H21NO5. The van der Waals surface area contributed by atoms with Gasteiger partial charge in [0, 0.05) is 0 Å². The Kier molecular flexibility index (Phi) is 3.80. The number of hydrogen-bond acceptors (Lipinski definition) is 4. The first-order chi connectivity index (χ1) is 10.5. The monoisotopic (exact) mass is 307 g/mol. The molecule has 120 valence electrons. The fourth-order valence-electron chi connectivity index (χ4n) is 4.08. The third-order valence-corrected chi connectivity index (χ3v) is 5.13. The average molecular weight is 307 g/mol. The molecule has 0 aromatic carbocycles. The lowest BCUT2D eigenvalue weighted by atomic mass is 9.67. The molecule has 0 bridgehead atoms. The molecule has 6 nitrogen and oxygen atoms in total. The maximum absolute atomic E-state index is 13.2. The third-order valence-electron chi connectivity index (χ3n) is 5.13. The van der Waals surface area contributed by atoms with E-state index in [1.165, 1.54) is 0 Å². The van der Waals surface area contributed by atoms with Gasteiger partial charge in [-0.2, -0.15) is 0 Å². The molecule has 0 aromatic heterocycles. The second-order valence-corrected chi connectivity index (χ2v) is 6.46. The van der Waals surface area contributed by atoms with Gasteiger partial charge in [-0.15, -0.1) is 0 Å². The number of carboxylic acids is 1. The van der Waals surface area contributed by atoms with Gasteiger partial charge in [-0.05, 0) is 32.1 Å². The Morgan fingerprint density at radius 1 is 1.18 bits per heavy atom. The first-order valence-electron chi connectivity index (χ1n) is 7.95. The Hall–Kier alpha value is -1.69. The fraction of sp³-hybridized carbons (Fsp3) is 0.688. The predicted octanol–water partition coefficient (Wildman–Crippen LogP) is 1.84. The standard InChI is InChI=1S/C16H21NO5/c18-12(19)11-22-17-14(21)15(7-3-1-4-8-15)13(20)16(17)9-5-2-6-10-16/h5,9H,1-4,6-8,10-11H2,(H,18,19). The van der Waals surface area contributed by atoms with Crippen LogP contribution in [0.2, 0.25) is 0 Å². The molecule has 2 spiro atoms. The zero-order valence-corrected chi connectivity index (χ0v) is 12.5. The molecule has 1 atom stereocenters. The van der Waals surface area contributed by atoms with Crippen LogP contribution in [0.3, 0.4) is 0 Å². The molecular weight excluding hydrogens is 286 g/mol. The molecule has 1 heterocycles. The van der Waals surface area contributed by atoms with Crippen LogP contribution in [-0.2, 0) is 19.2 Å². The zero-order chi connectivity index (χ0) is 15.8. The minimum absolute atomic E-state index is 0.0916. The van der Waals surface area contributed by atoms with Gasteiger partial charge >= 0.3 is 5.97 Å². The molecule has 3 aliphatic rings. The molecule has 1 aliphatic heterocycles. The number of ketones is 1. The van der Waals surface area contributed by atoms with Crippen LogP contribution >= 0.6 is 0 Å². The summed E-state index contributed by atoms with van der Waals surface area (Å²) in [5.74, 6) is -1.59. The summed E-state index contributed by atoms with van der Waals surface area (Å²) >= 11 is 0. The summed E-state index contributed by atoms with van der Waals surface area (Å²) in [7, 11) is 0. The van der Waals surface area contributed by atoms with E-state index in [4.69, 9.17) is 9.94 Å². The third kappa shape index (κ3) is 2.08. The van der Waals surface area contributed by atoms with E-state index in [1.807, 2.05) is 6.08 Å². The van der Waals surface area contributed by atoms with Gasteiger partial charge in [-0.3, -0.25) is 14.4 Å². The van der Waals surface area contributed by atoms with E-state index < -0.39 is 23.5 Å². The summed E-state index contributed by atoms with van der Waals surface area (Å²) in [6, 6.07) is 0. The number of carbonyl (C=O) groups is 3. The molecule has 1 unspecified atom stereocenters. The van der Waals surface area contributed by atoms with Crippen molar-refractivity contribution < 1.29 is 24.3 Å². The lowest BCUT2D eigenvalue weighted by Gasteiger charge is -2.34. The maximum Gasteiger partial charge on any atom is 0.332 e. The number of carboxylic acid groups (broad SMARTS) is 1. The Balaban J connectivity index is 1.99. The Morgan fingerprint density at radius 3 is 2.50 bits per heavy atom. The zero-order valence-electron chi connectivity index (χ0n) is 12.5. The van der Waals surface area contributed by atoms with E-state index in [1.54, 1.807) is 6.08 Å². The second-order valence-electron chi connectivity index (χ2n) is 6.46. The normalized spacial score (nSPS) is 30.5.